The van der Waals surface area contributed by atoms with Gasteiger partial charge in [-0.2, -0.15) is 0 Å². The molecule has 0 aromatic heterocycles. The third-order valence-corrected chi connectivity index (χ3v) is 6.93. The fraction of sp³-hybridized carbons (Fsp3) is 0.750. The van der Waals surface area contributed by atoms with Crippen LogP contribution in [0.2, 0.25) is 0 Å². The van der Waals surface area contributed by atoms with E-state index in [1.165, 1.54) is 5.57 Å². The highest BCUT2D eigenvalue weighted by Crippen LogP contribution is 2.45. The summed E-state index contributed by atoms with van der Waals surface area (Å²) in [6, 6.07) is 0. The van der Waals surface area contributed by atoms with E-state index in [9.17, 15) is 14.7 Å². The van der Waals surface area contributed by atoms with E-state index in [2.05, 4.69) is 32.1 Å². The van der Waals surface area contributed by atoms with Crippen LogP contribution in [-0.2, 0) is 19.1 Å². The van der Waals surface area contributed by atoms with Crippen LogP contribution in [0.15, 0.2) is 23.8 Å². The SMILES string of the molecule is CCC(C)C(=O)O[C@H]1C[C@@H](C)C=C2C=CC(C)C(CCC3CC(O)CC(=O)O3)C21. The summed E-state index contributed by atoms with van der Waals surface area (Å²) in [7, 11) is 0. The van der Waals surface area contributed by atoms with Gasteiger partial charge in [-0.05, 0) is 49.0 Å². The van der Waals surface area contributed by atoms with Crippen LogP contribution in [0.1, 0.15) is 66.2 Å². The van der Waals surface area contributed by atoms with Crippen LogP contribution in [0.5, 0.6) is 0 Å². The molecule has 1 aliphatic heterocycles. The van der Waals surface area contributed by atoms with Crippen LogP contribution < -0.4 is 0 Å². The smallest absolute Gasteiger partial charge is 0.308 e. The number of fused-ring (bicyclic) bond motifs is 1. The molecule has 1 N–H and O–H groups in total. The van der Waals surface area contributed by atoms with Gasteiger partial charge in [-0.15, -0.1) is 0 Å². The van der Waals surface area contributed by atoms with E-state index in [0.29, 0.717) is 24.2 Å². The van der Waals surface area contributed by atoms with E-state index in [-0.39, 0.29) is 42.4 Å². The average molecular weight is 405 g/mol. The van der Waals surface area contributed by atoms with Crippen molar-refractivity contribution in [2.75, 3.05) is 0 Å². The maximum absolute atomic E-state index is 12.5. The van der Waals surface area contributed by atoms with Crippen molar-refractivity contribution in [2.24, 2.45) is 29.6 Å². The van der Waals surface area contributed by atoms with Crippen molar-refractivity contribution in [1.82, 2.24) is 0 Å². The number of aliphatic hydroxyl groups is 1. The summed E-state index contributed by atoms with van der Waals surface area (Å²) >= 11 is 0. The standard InChI is InChI=1S/C24H36O5/c1-5-15(3)24(27)29-21-11-14(2)10-17-7-6-16(4)20(23(17)21)9-8-19-12-18(25)13-22(26)28-19/h6-7,10,14-16,18-21,23,25H,5,8-9,11-13H2,1-4H3/t14-,15?,16?,18?,19?,20?,21-,23?/m0/s1. The molecule has 1 fully saturated rings. The zero-order valence-electron chi connectivity index (χ0n) is 18.2. The molecule has 1 saturated heterocycles. The second-order valence-corrected chi connectivity index (χ2v) is 9.36. The fourth-order valence-corrected chi connectivity index (χ4v) is 5.07. The summed E-state index contributed by atoms with van der Waals surface area (Å²) in [5.41, 5.74) is 1.27. The lowest BCUT2D eigenvalue weighted by molar-refractivity contribution is -0.162. The summed E-state index contributed by atoms with van der Waals surface area (Å²) in [5, 5.41) is 9.89. The zero-order chi connectivity index (χ0) is 21.1. The molecule has 3 rings (SSSR count). The minimum atomic E-state index is -0.597. The Kier molecular flexibility index (Phi) is 7.20. The van der Waals surface area contributed by atoms with E-state index in [1.54, 1.807) is 0 Å². The second kappa shape index (κ2) is 9.46. The molecule has 1 heterocycles. The lowest BCUT2D eigenvalue weighted by atomic mass is 9.65. The molecule has 162 valence electrons. The quantitative estimate of drug-likeness (QED) is 0.672. The molecular weight excluding hydrogens is 368 g/mol. The largest absolute Gasteiger partial charge is 0.462 e. The normalized spacial score (nSPS) is 37.9. The highest BCUT2D eigenvalue weighted by atomic mass is 16.5. The molecule has 2 aliphatic carbocycles. The van der Waals surface area contributed by atoms with Gasteiger partial charge in [-0.3, -0.25) is 9.59 Å². The average Bonchev–Trinajstić information content (AvgIpc) is 2.65. The molecule has 8 atom stereocenters. The van der Waals surface area contributed by atoms with Crippen LogP contribution in [0.3, 0.4) is 0 Å². The first-order valence-corrected chi connectivity index (χ1v) is 11.3. The molecule has 29 heavy (non-hydrogen) atoms. The van der Waals surface area contributed by atoms with E-state index in [0.717, 1.165) is 25.7 Å². The van der Waals surface area contributed by atoms with Crippen molar-refractivity contribution >= 4 is 11.9 Å². The van der Waals surface area contributed by atoms with Crippen molar-refractivity contribution in [3.8, 4) is 0 Å². The van der Waals surface area contributed by atoms with Crippen LogP contribution in [-0.4, -0.2) is 35.4 Å². The summed E-state index contributed by atoms with van der Waals surface area (Å²) in [5.74, 6) is 0.755. The molecule has 0 saturated carbocycles. The lowest BCUT2D eigenvalue weighted by Gasteiger charge is -2.43. The summed E-state index contributed by atoms with van der Waals surface area (Å²) in [4.78, 5) is 24.2. The predicted molar refractivity (Wildman–Crippen MR) is 111 cm³/mol. The zero-order valence-corrected chi connectivity index (χ0v) is 18.2. The Balaban J connectivity index is 1.74. The van der Waals surface area contributed by atoms with Gasteiger partial charge >= 0.3 is 11.9 Å². The maximum atomic E-state index is 12.5. The Morgan fingerprint density at radius 3 is 2.76 bits per heavy atom. The summed E-state index contributed by atoms with van der Waals surface area (Å²) in [6.45, 7) is 8.33. The highest BCUT2D eigenvalue weighted by Gasteiger charge is 2.42. The van der Waals surface area contributed by atoms with Crippen LogP contribution >= 0.6 is 0 Å². The van der Waals surface area contributed by atoms with Crippen LogP contribution in [0, 0.1) is 29.6 Å². The number of carbonyl (C=O) groups is 2. The minimum Gasteiger partial charge on any atom is -0.462 e. The molecule has 0 radical (unpaired) electrons. The van der Waals surface area contributed by atoms with Gasteiger partial charge in [0.1, 0.15) is 12.2 Å². The second-order valence-electron chi connectivity index (χ2n) is 9.36. The van der Waals surface area contributed by atoms with E-state index in [4.69, 9.17) is 9.47 Å². The van der Waals surface area contributed by atoms with E-state index >= 15 is 0 Å². The Hall–Kier alpha value is -1.62. The van der Waals surface area contributed by atoms with Gasteiger partial charge in [-0.25, -0.2) is 0 Å². The topological polar surface area (TPSA) is 72.8 Å². The van der Waals surface area contributed by atoms with Gasteiger partial charge in [0, 0.05) is 12.3 Å². The predicted octanol–water partition coefficient (Wildman–Crippen LogP) is 4.20. The number of hydrogen-bond donors (Lipinski definition) is 1. The van der Waals surface area contributed by atoms with Gasteiger partial charge in [0.05, 0.1) is 18.4 Å². The molecule has 0 aromatic carbocycles. The van der Waals surface area contributed by atoms with Gasteiger partial charge in [0.15, 0.2) is 0 Å². The number of hydrogen-bond acceptors (Lipinski definition) is 5. The minimum absolute atomic E-state index is 0.0854. The highest BCUT2D eigenvalue weighted by molar-refractivity contribution is 5.72. The maximum Gasteiger partial charge on any atom is 0.308 e. The van der Waals surface area contributed by atoms with Gasteiger partial charge in [0.2, 0.25) is 0 Å². The molecule has 6 unspecified atom stereocenters. The van der Waals surface area contributed by atoms with Crippen molar-refractivity contribution < 1.29 is 24.2 Å². The Labute approximate surface area is 174 Å². The Morgan fingerprint density at radius 1 is 1.31 bits per heavy atom. The van der Waals surface area contributed by atoms with Crippen LogP contribution in [0.25, 0.3) is 0 Å². The number of allylic oxidation sites excluding steroid dienone is 3. The van der Waals surface area contributed by atoms with Gasteiger partial charge in [0.25, 0.3) is 0 Å². The first kappa shape index (κ1) is 22.1. The summed E-state index contributed by atoms with van der Waals surface area (Å²) in [6.07, 6.45) is 9.70. The molecule has 3 aliphatic rings. The number of ether oxygens (including phenoxy) is 2. The fourth-order valence-electron chi connectivity index (χ4n) is 5.07. The van der Waals surface area contributed by atoms with E-state index < -0.39 is 6.10 Å². The lowest BCUT2D eigenvalue weighted by Crippen LogP contribution is -2.42. The van der Waals surface area contributed by atoms with Crippen molar-refractivity contribution in [3.63, 3.8) is 0 Å². The van der Waals surface area contributed by atoms with Crippen molar-refractivity contribution in [2.45, 2.75) is 84.5 Å². The monoisotopic (exact) mass is 404 g/mol. The van der Waals surface area contributed by atoms with Gasteiger partial charge < -0.3 is 14.6 Å². The molecule has 0 amide bonds. The molecule has 0 aromatic rings. The Bertz CT molecular complexity index is 666. The third kappa shape index (κ3) is 5.30. The molecular formula is C24H36O5. The van der Waals surface area contributed by atoms with E-state index in [1.807, 2.05) is 13.8 Å². The molecule has 5 heteroatoms. The molecule has 0 spiro atoms. The third-order valence-electron chi connectivity index (χ3n) is 6.93. The number of esters is 2. The first-order chi connectivity index (χ1) is 13.8. The molecule has 5 nitrogen and oxygen atoms in total. The van der Waals surface area contributed by atoms with Crippen LogP contribution in [0.4, 0.5) is 0 Å². The first-order valence-electron chi connectivity index (χ1n) is 11.3. The molecule has 0 bridgehead atoms. The number of rotatable bonds is 6. The number of carbonyl (C=O) groups excluding carboxylic acids is 2. The van der Waals surface area contributed by atoms with Crippen molar-refractivity contribution in [1.29, 1.82) is 0 Å². The summed E-state index contributed by atoms with van der Waals surface area (Å²) < 4.78 is 11.5. The van der Waals surface area contributed by atoms with Gasteiger partial charge in [-0.1, -0.05) is 45.9 Å². The number of aliphatic hydroxyl groups excluding tert-OH is 1. The number of cyclic esters (lactones) is 1. The Morgan fingerprint density at radius 2 is 2.07 bits per heavy atom. The van der Waals surface area contributed by atoms with Crippen molar-refractivity contribution in [3.05, 3.63) is 23.8 Å².